The maximum absolute atomic E-state index is 6.36. The van der Waals surface area contributed by atoms with Crippen LogP contribution in [0.25, 0.3) is 43.5 Å². The first kappa shape index (κ1) is 15.0. The lowest BCUT2D eigenvalue weighted by Gasteiger charge is -2.14. The number of ether oxygens (including phenoxy) is 1. The van der Waals surface area contributed by atoms with Crippen LogP contribution in [0.1, 0.15) is 18.6 Å². The molecule has 0 amide bonds. The molecule has 0 aliphatic heterocycles. The van der Waals surface area contributed by atoms with Crippen LogP contribution in [0, 0.1) is 0 Å². The van der Waals surface area contributed by atoms with E-state index in [9.17, 15) is 0 Å². The molecule has 126 valence electrons. The van der Waals surface area contributed by atoms with Gasteiger partial charge >= 0.3 is 0 Å². The Bertz CT molecular complexity index is 1290. The van der Waals surface area contributed by atoms with Crippen molar-refractivity contribution in [2.24, 2.45) is 0 Å². The molecule has 0 aliphatic carbocycles. The molecule has 0 aliphatic rings. The van der Waals surface area contributed by atoms with E-state index in [2.05, 4.69) is 73.3 Å². The summed E-state index contributed by atoms with van der Waals surface area (Å²) in [6.45, 7) is 5.73. The van der Waals surface area contributed by atoms with Crippen LogP contribution in [-0.4, -0.2) is 0 Å². The zero-order valence-corrected chi connectivity index (χ0v) is 14.5. The van der Waals surface area contributed by atoms with Gasteiger partial charge in [-0.3, -0.25) is 0 Å². The first-order valence-corrected chi connectivity index (χ1v) is 8.80. The summed E-state index contributed by atoms with van der Waals surface area (Å²) in [6, 6.07) is 23.2. The zero-order chi connectivity index (χ0) is 17.7. The van der Waals surface area contributed by atoms with Crippen LogP contribution >= 0.6 is 0 Å². The van der Waals surface area contributed by atoms with E-state index in [1.54, 1.807) is 0 Å². The summed E-state index contributed by atoms with van der Waals surface area (Å²) in [5.74, 6) is 0. The molecule has 0 spiro atoms. The second-order valence-corrected chi connectivity index (χ2v) is 6.59. The van der Waals surface area contributed by atoms with Crippen LogP contribution in [0.2, 0.25) is 0 Å². The minimum Gasteiger partial charge on any atom is -0.494 e. The average Bonchev–Trinajstić information content (AvgIpc) is 3.07. The fourth-order valence-electron chi connectivity index (χ4n) is 3.95. The largest absolute Gasteiger partial charge is 0.494 e. The minimum atomic E-state index is -0.0910. The lowest BCUT2D eigenvalue weighted by molar-refractivity contribution is 0.166. The van der Waals surface area contributed by atoms with Crippen LogP contribution in [0.4, 0.5) is 0 Å². The van der Waals surface area contributed by atoms with Crippen LogP contribution in [0.15, 0.2) is 84.0 Å². The van der Waals surface area contributed by atoms with Gasteiger partial charge in [-0.2, -0.15) is 0 Å². The summed E-state index contributed by atoms with van der Waals surface area (Å²) in [7, 11) is 0. The molecule has 0 saturated heterocycles. The van der Waals surface area contributed by atoms with Gasteiger partial charge in [-0.15, -0.1) is 0 Å². The maximum Gasteiger partial charge on any atom is 0.143 e. The smallest absolute Gasteiger partial charge is 0.143 e. The Morgan fingerprint density at radius 2 is 1.62 bits per heavy atom. The number of rotatable bonds is 3. The first-order valence-electron chi connectivity index (χ1n) is 8.80. The third kappa shape index (κ3) is 2.05. The van der Waals surface area contributed by atoms with Gasteiger partial charge < -0.3 is 9.15 Å². The van der Waals surface area contributed by atoms with E-state index >= 15 is 0 Å². The zero-order valence-electron chi connectivity index (χ0n) is 14.5. The van der Waals surface area contributed by atoms with Gasteiger partial charge in [0, 0.05) is 21.7 Å². The predicted octanol–water partition coefficient (Wildman–Crippen LogP) is 7.11. The van der Waals surface area contributed by atoms with E-state index in [1.807, 2.05) is 6.92 Å². The van der Waals surface area contributed by atoms with Gasteiger partial charge in [-0.25, -0.2) is 0 Å². The summed E-state index contributed by atoms with van der Waals surface area (Å²) >= 11 is 0. The molecule has 2 heteroatoms. The standard InChI is InChI=1S/C24H18O2/c1-3-25-15(2)21-14-22-23(19-11-7-6-10-18(19)21)20-13-12-16-8-4-5-9-17(16)24(20)26-22/h3-15H,1H2,2H3. The Hall–Kier alpha value is -3.26. The van der Waals surface area contributed by atoms with Crippen LogP contribution < -0.4 is 0 Å². The van der Waals surface area contributed by atoms with Gasteiger partial charge in [0.05, 0.1) is 6.26 Å². The van der Waals surface area contributed by atoms with Crippen molar-refractivity contribution in [2.45, 2.75) is 13.0 Å². The Labute approximate surface area is 151 Å². The predicted molar refractivity (Wildman–Crippen MR) is 108 cm³/mol. The number of hydrogen-bond donors (Lipinski definition) is 0. The molecule has 2 nitrogen and oxygen atoms in total. The van der Waals surface area contributed by atoms with E-state index in [1.165, 1.54) is 22.4 Å². The normalized spacial score (nSPS) is 12.8. The highest BCUT2D eigenvalue weighted by atomic mass is 16.5. The topological polar surface area (TPSA) is 22.4 Å². The van der Waals surface area contributed by atoms with Crippen molar-refractivity contribution in [3.05, 3.63) is 85.1 Å². The Kier molecular flexibility index (Phi) is 3.26. The van der Waals surface area contributed by atoms with Crippen LogP contribution in [-0.2, 0) is 4.74 Å². The highest BCUT2D eigenvalue weighted by molar-refractivity contribution is 6.23. The summed E-state index contributed by atoms with van der Waals surface area (Å²) in [5, 5.41) is 7.02. The van der Waals surface area contributed by atoms with Crippen molar-refractivity contribution in [3.8, 4) is 0 Å². The highest BCUT2D eigenvalue weighted by Gasteiger charge is 2.18. The molecule has 4 aromatic carbocycles. The fraction of sp³-hybridized carbons (Fsp3) is 0.0833. The average molecular weight is 338 g/mol. The molecule has 1 atom stereocenters. The van der Waals surface area contributed by atoms with E-state index in [4.69, 9.17) is 9.15 Å². The van der Waals surface area contributed by atoms with Crippen molar-refractivity contribution in [1.82, 2.24) is 0 Å². The Morgan fingerprint density at radius 3 is 2.42 bits per heavy atom. The lowest BCUT2D eigenvalue weighted by atomic mass is 9.96. The molecule has 5 rings (SSSR count). The van der Waals surface area contributed by atoms with Gasteiger partial charge in [0.2, 0.25) is 0 Å². The van der Waals surface area contributed by atoms with Crippen LogP contribution in [0.5, 0.6) is 0 Å². The molecule has 26 heavy (non-hydrogen) atoms. The second-order valence-electron chi connectivity index (χ2n) is 6.59. The summed E-state index contributed by atoms with van der Waals surface area (Å²) in [4.78, 5) is 0. The Balaban J connectivity index is 1.97. The van der Waals surface area contributed by atoms with E-state index < -0.39 is 0 Å². The molecule has 0 N–H and O–H groups in total. The number of hydrogen-bond acceptors (Lipinski definition) is 2. The second kappa shape index (κ2) is 5.63. The minimum absolute atomic E-state index is 0.0910. The van der Waals surface area contributed by atoms with Crippen molar-refractivity contribution in [2.75, 3.05) is 0 Å². The fourth-order valence-corrected chi connectivity index (χ4v) is 3.95. The number of benzene rings is 4. The molecule has 1 unspecified atom stereocenters. The number of fused-ring (bicyclic) bond motifs is 7. The van der Waals surface area contributed by atoms with E-state index in [0.29, 0.717) is 0 Å². The van der Waals surface area contributed by atoms with Crippen molar-refractivity contribution < 1.29 is 9.15 Å². The van der Waals surface area contributed by atoms with Crippen molar-refractivity contribution >= 4 is 43.5 Å². The first-order chi connectivity index (χ1) is 12.8. The third-order valence-corrected chi connectivity index (χ3v) is 5.14. The van der Waals surface area contributed by atoms with Gasteiger partial charge in [-0.05, 0) is 35.2 Å². The van der Waals surface area contributed by atoms with E-state index in [-0.39, 0.29) is 6.10 Å². The quantitative estimate of drug-likeness (QED) is 0.327. The summed E-state index contributed by atoms with van der Waals surface area (Å²) in [6.07, 6.45) is 1.40. The molecule has 1 heterocycles. The highest BCUT2D eigenvalue weighted by Crippen LogP contribution is 2.40. The van der Waals surface area contributed by atoms with E-state index in [0.717, 1.165) is 32.9 Å². The molecule has 0 fully saturated rings. The third-order valence-electron chi connectivity index (χ3n) is 5.14. The molecule has 5 aromatic rings. The van der Waals surface area contributed by atoms with Crippen molar-refractivity contribution in [3.63, 3.8) is 0 Å². The van der Waals surface area contributed by atoms with Gasteiger partial charge in [-0.1, -0.05) is 61.2 Å². The molecular formula is C24H18O2. The summed E-state index contributed by atoms with van der Waals surface area (Å²) in [5.41, 5.74) is 2.94. The van der Waals surface area contributed by atoms with Crippen LogP contribution in [0.3, 0.4) is 0 Å². The lowest BCUT2D eigenvalue weighted by Crippen LogP contribution is -1.96. The summed E-state index contributed by atoms with van der Waals surface area (Å²) < 4.78 is 12.0. The van der Waals surface area contributed by atoms with Gasteiger partial charge in [0.25, 0.3) is 0 Å². The molecule has 0 saturated carbocycles. The molecular weight excluding hydrogens is 320 g/mol. The van der Waals surface area contributed by atoms with Gasteiger partial charge in [0.15, 0.2) is 0 Å². The monoisotopic (exact) mass is 338 g/mol. The van der Waals surface area contributed by atoms with Crippen molar-refractivity contribution in [1.29, 1.82) is 0 Å². The number of furan rings is 1. The molecule has 0 bridgehead atoms. The molecule has 1 aromatic heterocycles. The molecule has 0 radical (unpaired) electrons. The maximum atomic E-state index is 6.36. The SMILES string of the molecule is C=COC(C)c1cc2oc3c4ccccc4ccc3c2c2ccccc12. The Morgan fingerprint density at radius 1 is 0.885 bits per heavy atom. The van der Waals surface area contributed by atoms with Gasteiger partial charge in [0.1, 0.15) is 17.3 Å².